The number of halogens is 1. The van der Waals surface area contributed by atoms with Gasteiger partial charge in [-0.2, -0.15) is 0 Å². The first-order chi connectivity index (χ1) is 9.38. The Kier molecular flexibility index (Phi) is 6.07. The van der Waals surface area contributed by atoms with E-state index in [2.05, 4.69) is 0 Å². The Morgan fingerprint density at radius 1 is 1.35 bits per heavy atom. The van der Waals surface area contributed by atoms with E-state index >= 15 is 0 Å². The molecule has 0 aliphatic rings. The number of aliphatic hydroxyl groups excluding tert-OH is 1. The van der Waals surface area contributed by atoms with Crippen molar-refractivity contribution in [3.63, 3.8) is 0 Å². The van der Waals surface area contributed by atoms with Gasteiger partial charge in [0.25, 0.3) is 0 Å². The van der Waals surface area contributed by atoms with Crippen molar-refractivity contribution < 1.29 is 14.3 Å². The fourth-order valence-corrected chi connectivity index (χ4v) is 2.31. The molecule has 0 fully saturated rings. The average Bonchev–Trinajstić information content (AvgIpc) is 2.37. The van der Waals surface area contributed by atoms with Crippen LogP contribution < -0.4 is 4.90 Å². The first-order valence-electron chi connectivity index (χ1n) is 6.70. The van der Waals surface area contributed by atoms with E-state index in [0.29, 0.717) is 12.1 Å². The van der Waals surface area contributed by atoms with Crippen molar-refractivity contribution in [2.75, 3.05) is 4.90 Å². The van der Waals surface area contributed by atoms with Gasteiger partial charge in [-0.1, -0.05) is 13.3 Å². The lowest BCUT2D eigenvalue weighted by Crippen LogP contribution is -2.43. The van der Waals surface area contributed by atoms with E-state index in [0.717, 1.165) is 6.42 Å². The van der Waals surface area contributed by atoms with Gasteiger partial charge in [-0.15, -0.1) is 0 Å². The number of rotatable bonds is 6. The molecule has 3 nitrogen and oxygen atoms in total. The van der Waals surface area contributed by atoms with Crippen LogP contribution in [0.5, 0.6) is 0 Å². The van der Waals surface area contributed by atoms with Gasteiger partial charge in [0.1, 0.15) is 11.7 Å². The molecule has 1 atom stereocenters. The normalized spacial score (nSPS) is 12.2. The lowest BCUT2D eigenvalue weighted by molar-refractivity contribution is -0.121. The van der Waals surface area contributed by atoms with Gasteiger partial charge in [-0.05, 0) is 56.8 Å². The fourth-order valence-electron chi connectivity index (χ4n) is 2.09. The zero-order valence-corrected chi connectivity index (χ0v) is 12.8. The number of carbonyl (C=O) groups excluding carboxylic acids is 1. The highest BCUT2D eigenvalue weighted by atomic mass is 32.1. The maximum Gasteiger partial charge on any atom is 0.238 e. The molecular formula is C15H20FNO2S. The van der Waals surface area contributed by atoms with Crippen LogP contribution in [0.25, 0.3) is 0 Å². The van der Waals surface area contributed by atoms with E-state index in [1.807, 2.05) is 20.8 Å². The van der Waals surface area contributed by atoms with Crippen LogP contribution in [0.4, 0.5) is 10.1 Å². The van der Waals surface area contributed by atoms with Crippen LogP contribution in [-0.4, -0.2) is 22.1 Å². The van der Waals surface area contributed by atoms with Gasteiger partial charge < -0.3 is 10.0 Å². The van der Waals surface area contributed by atoms with Gasteiger partial charge in [0, 0.05) is 11.7 Å². The van der Waals surface area contributed by atoms with Crippen molar-refractivity contribution in [2.24, 2.45) is 5.92 Å². The maximum atomic E-state index is 13.0. The molecule has 0 aliphatic heterocycles. The molecule has 1 aromatic carbocycles. The number of hydrogen-bond donors (Lipinski definition) is 1. The summed E-state index contributed by atoms with van der Waals surface area (Å²) in [6.45, 7) is 5.66. The molecule has 1 aromatic rings. The van der Waals surface area contributed by atoms with Crippen LogP contribution in [-0.2, 0) is 4.79 Å². The van der Waals surface area contributed by atoms with Gasteiger partial charge in [-0.25, -0.2) is 4.39 Å². The quantitative estimate of drug-likeness (QED) is 0.810. The third-order valence-electron chi connectivity index (χ3n) is 3.03. The molecule has 0 saturated carbocycles. The van der Waals surface area contributed by atoms with Crippen molar-refractivity contribution in [1.82, 2.24) is 0 Å². The summed E-state index contributed by atoms with van der Waals surface area (Å²) in [6, 6.07) is 5.61. The van der Waals surface area contributed by atoms with Gasteiger partial charge in [0.15, 0.2) is 5.05 Å². The molecule has 0 saturated heterocycles. The number of amides is 1. The third-order valence-corrected chi connectivity index (χ3v) is 3.32. The summed E-state index contributed by atoms with van der Waals surface area (Å²) in [5, 5.41) is 9.27. The molecule has 20 heavy (non-hydrogen) atoms. The average molecular weight is 297 g/mol. The molecule has 0 bridgehead atoms. The summed E-state index contributed by atoms with van der Waals surface area (Å²) in [7, 11) is 0. The zero-order chi connectivity index (χ0) is 15.3. The SMILES string of the molecule is CCCC(C(=O)N(c1ccc(F)cc1)C(C)C)C(O)=S. The summed E-state index contributed by atoms with van der Waals surface area (Å²) < 4.78 is 13.0. The topological polar surface area (TPSA) is 40.5 Å². The van der Waals surface area contributed by atoms with Crippen LogP contribution in [0.1, 0.15) is 33.6 Å². The predicted molar refractivity (Wildman–Crippen MR) is 82.6 cm³/mol. The first-order valence-corrected chi connectivity index (χ1v) is 7.10. The third kappa shape index (κ3) is 4.00. The minimum atomic E-state index is -0.692. The van der Waals surface area contributed by atoms with Crippen LogP contribution in [0.3, 0.4) is 0 Å². The molecule has 1 N–H and O–H groups in total. The van der Waals surface area contributed by atoms with E-state index in [9.17, 15) is 14.3 Å². The van der Waals surface area contributed by atoms with Crippen LogP contribution in [0.15, 0.2) is 24.3 Å². The Morgan fingerprint density at radius 2 is 1.90 bits per heavy atom. The Bertz CT molecular complexity index is 473. The Labute approximate surface area is 124 Å². The number of carbonyl (C=O) groups is 1. The number of anilines is 1. The number of thiocarbonyl (C=S) groups is 1. The van der Waals surface area contributed by atoms with Crippen LogP contribution in [0, 0.1) is 11.7 Å². The van der Waals surface area contributed by atoms with Crippen molar-refractivity contribution >= 4 is 28.9 Å². The molecule has 1 unspecified atom stereocenters. The summed E-state index contributed by atoms with van der Waals surface area (Å²) in [4.78, 5) is 14.1. The molecule has 0 aliphatic carbocycles. The summed E-state index contributed by atoms with van der Waals surface area (Å²) in [5.41, 5.74) is 0.601. The van der Waals surface area contributed by atoms with Crippen molar-refractivity contribution in [3.8, 4) is 0 Å². The number of benzene rings is 1. The largest absolute Gasteiger partial charge is 0.501 e. The minimum Gasteiger partial charge on any atom is -0.501 e. The summed E-state index contributed by atoms with van der Waals surface area (Å²) in [6.07, 6.45) is 1.24. The molecule has 0 aromatic heterocycles. The second kappa shape index (κ2) is 7.33. The minimum absolute atomic E-state index is 0.110. The Morgan fingerprint density at radius 3 is 2.30 bits per heavy atom. The van der Waals surface area contributed by atoms with Gasteiger partial charge in [0.05, 0.1) is 0 Å². The van der Waals surface area contributed by atoms with E-state index in [1.165, 1.54) is 12.1 Å². The summed E-state index contributed by atoms with van der Waals surface area (Å²) >= 11 is 4.78. The van der Waals surface area contributed by atoms with Gasteiger partial charge >= 0.3 is 0 Å². The van der Waals surface area contributed by atoms with E-state index in [1.54, 1.807) is 17.0 Å². The molecule has 0 radical (unpaired) electrons. The lowest BCUT2D eigenvalue weighted by Gasteiger charge is -2.30. The van der Waals surface area contributed by atoms with Crippen LogP contribution in [0.2, 0.25) is 0 Å². The molecule has 0 heterocycles. The molecule has 0 spiro atoms. The van der Waals surface area contributed by atoms with Gasteiger partial charge in [0.2, 0.25) is 5.91 Å². The number of hydrogen-bond acceptors (Lipinski definition) is 2. The highest BCUT2D eigenvalue weighted by molar-refractivity contribution is 7.80. The number of nitrogens with zero attached hydrogens (tertiary/aromatic N) is 1. The smallest absolute Gasteiger partial charge is 0.238 e. The summed E-state index contributed by atoms with van der Waals surface area (Å²) in [5.74, 6) is -1.30. The molecule has 1 rings (SSSR count). The van der Waals surface area contributed by atoms with Crippen molar-refractivity contribution in [3.05, 3.63) is 30.1 Å². The Hall–Kier alpha value is -1.49. The van der Waals surface area contributed by atoms with Gasteiger partial charge in [-0.3, -0.25) is 4.79 Å². The highest BCUT2D eigenvalue weighted by Crippen LogP contribution is 2.22. The lowest BCUT2D eigenvalue weighted by atomic mass is 10.0. The Balaban J connectivity index is 3.09. The first kappa shape index (κ1) is 16.6. The van der Waals surface area contributed by atoms with Crippen molar-refractivity contribution in [1.29, 1.82) is 0 Å². The monoisotopic (exact) mass is 297 g/mol. The zero-order valence-electron chi connectivity index (χ0n) is 12.0. The van der Waals surface area contributed by atoms with Crippen molar-refractivity contribution in [2.45, 2.75) is 39.7 Å². The number of aliphatic hydroxyl groups is 1. The molecule has 110 valence electrons. The predicted octanol–water partition coefficient (Wildman–Crippen LogP) is 3.87. The van der Waals surface area contributed by atoms with Crippen LogP contribution >= 0.6 is 12.2 Å². The molecular weight excluding hydrogens is 277 g/mol. The van der Waals surface area contributed by atoms with E-state index < -0.39 is 5.92 Å². The second-order valence-corrected chi connectivity index (χ2v) is 5.38. The molecule has 5 heteroatoms. The highest BCUT2D eigenvalue weighted by Gasteiger charge is 2.29. The standard InChI is InChI=1S/C15H20FNO2S/c1-4-5-13(15(19)20)14(18)17(10(2)3)12-8-6-11(16)7-9-12/h6-10,13H,4-5H2,1-3H3,(H,19,20). The second-order valence-electron chi connectivity index (χ2n) is 4.96. The maximum absolute atomic E-state index is 13.0. The fraction of sp³-hybridized carbons (Fsp3) is 0.467. The van der Waals surface area contributed by atoms with E-state index in [-0.39, 0.29) is 22.8 Å². The molecule has 1 amide bonds. The van der Waals surface area contributed by atoms with E-state index in [4.69, 9.17) is 12.2 Å².